The van der Waals surface area contributed by atoms with Crippen molar-refractivity contribution in [3.05, 3.63) is 65.4 Å². The van der Waals surface area contributed by atoms with Crippen LogP contribution in [0.4, 0.5) is 5.69 Å². The molecule has 0 aliphatic rings. The molecule has 0 saturated heterocycles. The molecule has 2 aromatic carbocycles. The molecule has 0 unspecified atom stereocenters. The molecule has 3 rings (SSSR count). The number of benzene rings is 2. The van der Waals surface area contributed by atoms with Crippen molar-refractivity contribution < 1.29 is 14.4 Å². The third-order valence-corrected chi connectivity index (χ3v) is 6.01. The fourth-order valence-corrected chi connectivity index (χ4v) is 3.96. The van der Waals surface area contributed by atoms with Crippen molar-refractivity contribution >= 4 is 34.2 Å². The van der Waals surface area contributed by atoms with Crippen LogP contribution in [0.3, 0.4) is 0 Å². The lowest BCUT2D eigenvalue weighted by atomic mass is 10.1. The van der Waals surface area contributed by atoms with Gasteiger partial charge in [0.15, 0.2) is 0 Å². The van der Waals surface area contributed by atoms with Gasteiger partial charge < -0.3 is 14.4 Å². The van der Waals surface area contributed by atoms with E-state index in [0.717, 1.165) is 16.6 Å². The summed E-state index contributed by atoms with van der Waals surface area (Å²) in [5.74, 6) is -1.17. The predicted molar refractivity (Wildman–Crippen MR) is 128 cm³/mol. The zero-order valence-corrected chi connectivity index (χ0v) is 19.5. The van der Waals surface area contributed by atoms with Crippen molar-refractivity contribution in [3.8, 4) is 0 Å². The molecule has 0 radical (unpaired) electrons. The second kappa shape index (κ2) is 9.81. The number of rotatable bonds is 8. The van der Waals surface area contributed by atoms with Crippen LogP contribution >= 0.6 is 0 Å². The van der Waals surface area contributed by atoms with Gasteiger partial charge in [-0.15, -0.1) is 0 Å². The smallest absolute Gasteiger partial charge is 0.299 e. The van der Waals surface area contributed by atoms with Gasteiger partial charge in [0.1, 0.15) is 6.54 Å². The van der Waals surface area contributed by atoms with E-state index in [2.05, 4.69) is 0 Å². The van der Waals surface area contributed by atoms with E-state index in [1.807, 2.05) is 77.1 Å². The fraction of sp³-hybridized carbons (Fsp3) is 0.346. The van der Waals surface area contributed by atoms with Crippen molar-refractivity contribution in [1.29, 1.82) is 0 Å². The zero-order valence-electron chi connectivity index (χ0n) is 19.5. The van der Waals surface area contributed by atoms with Gasteiger partial charge in [0.05, 0.1) is 5.56 Å². The molecule has 0 bridgehead atoms. The summed E-state index contributed by atoms with van der Waals surface area (Å²) in [4.78, 5) is 42.5. The van der Waals surface area contributed by atoms with Gasteiger partial charge in [-0.2, -0.15) is 0 Å². The van der Waals surface area contributed by atoms with Gasteiger partial charge in [0.2, 0.25) is 5.91 Å². The summed E-state index contributed by atoms with van der Waals surface area (Å²) < 4.78 is 1.77. The molecule has 1 heterocycles. The molecule has 2 amide bonds. The Morgan fingerprint density at radius 2 is 1.56 bits per heavy atom. The number of carbonyl (C=O) groups is 3. The van der Waals surface area contributed by atoms with Crippen LogP contribution in [0.1, 0.15) is 42.3 Å². The van der Waals surface area contributed by atoms with Gasteiger partial charge in [-0.05, 0) is 63.9 Å². The fourth-order valence-electron chi connectivity index (χ4n) is 3.96. The molecule has 0 spiro atoms. The molecular weight excluding hydrogens is 402 g/mol. The van der Waals surface area contributed by atoms with Crippen molar-refractivity contribution in [2.45, 2.75) is 41.2 Å². The number of hydrogen-bond donors (Lipinski definition) is 0. The molecule has 0 N–H and O–H groups in total. The Labute approximate surface area is 189 Å². The first-order valence-electron chi connectivity index (χ1n) is 11.1. The van der Waals surface area contributed by atoms with Gasteiger partial charge >= 0.3 is 0 Å². The van der Waals surface area contributed by atoms with Crippen molar-refractivity contribution in [3.63, 3.8) is 0 Å². The number of nitrogens with zero attached hydrogens (tertiary/aromatic N) is 3. The second-order valence-corrected chi connectivity index (χ2v) is 7.90. The van der Waals surface area contributed by atoms with Gasteiger partial charge in [0.25, 0.3) is 11.7 Å². The number of carbonyl (C=O) groups excluding carboxylic acids is 3. The summed E-state index contributed by atoms with van der Waals surface area (Å²) in [6.07, 6.45) is 1.64. The number of amides is 2. The summed E-state index contributed by atoms with van der Waals surface area (Å²) in [6, 6.07) is 13.1. The van der Waals surface area contributed by atoms with Crippen LogP contribution in [0.5, 0.6) is 0 Å². The Balaban J connectivity index is 1.97. The largest absolute Gasteiger partial charge is 0.342 e. The van der Waals surface area contributed by atoms with E-state index in [1.165, 1.54) is 4.90 Å². The average molecular weight is 434 g/mol. The molecule has 0 fully saturated rings. The van der Waals surface area contributed by atoms with Gasteiger partial charge in [-0.3, -0.25) is 14.4 Å². The molecule has 1 aromatic heterocycles. The third kappa shape index (κ3) is 4.44. The van der Waals surface area contributed by atoms with Crippen LogP contribution in [0, 0.1) is 13.8 Å². The molecule has 0 aliphatic carbocycles. The molecule has 6 heteroatoms. The standard InChI is InChI=1S/C26H31N3O3/c1-6-27(7-2)24(30)17-28-16-22(21-11-9-10-12-23(21)28)25(31)26(32)29(8-3)20-14-13-18(4)19(5)15-20/h9-16H,6-8,17H2,1-5H3. The highest BCUT2D eigenvalue weighted by molar-refractivity contribution is 6.48. The highest BCUT2D eigenvalue weighted by Gasteiger charge is 2.27. The molecule has 6 nitrogen and oxygen atoms in total. The molecular formula is C26H31N3O3. The molecule has 0 saturated carbocycles. The van der Waals surface area contributed by atoms with Crippen molar-refractivity contribution in [1.82, 2.24) is 9.47 Å². The molecule has 32 heavy (non-hydrogen) atoms. The summed E-state index contributed by atoms with van der Waals surface area (Å²) >= 11 is 0. The summed E-state index contributed by atoms with van der Waals surface area (Å²) in [5, 5.41) is 0.675. The highest BCUT2D eigenvalue weighted by Crippen LogP contribution is 2.25. The van der Waals surface area contributed by atoms with Crippen LogP contribution < -0.4 is 4.90 Å². The Morgan fingerprint density at radius 1 is 0.875 bits per heavy atom. The lowest BCUT2D eigenvalue weighted by Gasteiger charge is -2.21. The van der Waals surface area contributed by atoms with Crippen molar-refractivity contribution in [2.75, 3.05) is 24.5 Å². The maximum atomic E-state index is 13.3. The minimum atomic E-state index is -0.575. The van der Waals surface area contributed by atoms with Gasteiger partial charge in [0, 0.05) is 42.4 Å². The average Bonchev–Trinajstić information content (AvgIpc) is 3.15. The second-order valence-electron chi connectivity index (χ2n) is 7.90. The first kappa shape index (κ1) is 23.3. The Morgan fingerprint density at radius 3 is 2.19 bits per heavy atom. The van der Waals surface area contributed by atoms with Crippen LogP contribution in [0.25, 0.3) is 10.9 Å². The molecule has 168 valence electrons. The highest BCUT2D eigenvalue weighted by atomic mass is 16.2. The zero-order chi connectivity index (χ0) is 23.4. The van der Waals surface area contributed by atoms with Gasteiger partial charge in [-0.1, -0.05) is 24.3 Å². The summed E-state index contributed by atoms with van der Waals surface area (Å²) in [5.41, 5.74) is 3.98. The molecule has 0 atom stereocenters. The first-order chi connectivity index (χ1) is 15.3. The van der Waals surface area contributed by atoms with Crippen LogP contribution in [-0.2, 0) is 16.1 Å². The van der Waals surface area contributed by atoms with E-state index in [1.54, 1.807) is 15.7 Å². The van der Waals surface area contributed by atoms with E-state index in [9.17, 15) is 14.4 Å². The summed E-state index contributed by atoms with van der Waals surface area (Å²) in [6.45, 7) is 11.5. The van der Waals surface area contributed by atoms with Crippen LogP contribution in [0.15, 0.2) is 48.7 Å². The number of para-hydroxylation sites is 1. The van der Waals surface area contributed by atoms with Crippen LogP contribution in [-0.4, -0.2) is 46.7 Å². The van der Waals surface area contributed by atoms with Crippen molar-refractivity contribution in [2.24, 2.45) is 0 Å². The number of ketones is 1. The molecule has 0 aliphatic heterocycles. The molecule has 3 aromatic rings. The van der Waals surface area contributed by atoms with E-state index in [-0.39, 0.29) is 12.5 Å². The number of likely N-dealkylation sites (N-methyl/N-ethyl adjacent to an activating group) is 2. The SMILES string of the molecule is CCN(CC)C(=O)Cn1cc(C(=O)C(=O)N(CC)c2ccc(C)c(C)c2)c2ccccc21. The van der Waals surface area contributed by atoms with E-state index < -0.39 is 11.7 Å². The Kier molecular flexibility index (Phi) is 7.13. The van der Waals surface area contributed by atoms with E-state index >= 15 is 0 Å². The van der Waals surface area contributed by atoms with Crippen LogP contribution in [0.2, 0.25) is 0 Å². The number of hydrogen-bond acceptors (Lipinski definition) is 3. The quantitative estimate of drug-likeness (QED) is 0.392. The summed E-state index contributed by atoms with van der Waals surface area (Å²) in [7, 11) is 0. The first-order valence-corrected chi connectivity index (χ1v) is 11.1. The lowest BCUT2D eigenvalue weighted by molar-refractivity contribution is -0.131. The minimum Gasteiger partial charge on any atom is -0.342 e. The number of anilines is 1. The Hall–Kier alpha value is -3.41. The lowest BCUT2D eigenvalue weighted by Crippen LogP contribution is -2.36. The predicted octanol–water partition coefficient (Wildman–Crippen LogP) is 4.36. The maximum absolute atomic E-state index is 13.3. The maximum Gasteiger partial charge on any atom is 0.299 e. The normalized spacial score (nSPS) is 10.9. The van der Waals surface area contributed by atoms with E-state index in [4.69, 9.17) is 0 Å². The Bertz CT molecular complexity index is 1160. The monoisotopic (exact) mass is 433 g/mol. The minimum absolute atomic E-state index is 0.0219. The number of aryl methyl sites for hydroxylation is 2. The number of Topliss-reactive ketones (excluding diaryl/α,β-unsaturated/α-hetero) is 1. The van der Waals surface area contributed by atoms with Gasteiger partial charge in [-0.25, -0.2) is 0 Å². The number of aromatic nitrogens is 1. The third-order valence-electron chi connectivity index (χ3n) is 6.01. The van der Waals surface area contributed by atoms with E-state index in [0.29, 0.717) is 36.3 Å². The topological polar surface area (TPSA) is 62.6 Å². The number of fused-ring (bicyclic) bond motifs is 1.